The number of aryl methyl sites for hydroxylation is 1. The fourth-order valence-electron chi connectivity index (χ4n) is 4.54. The number of benzene rings is 2. The molecule has 1 N–H and O–H groups in total. The van der Waals surface area contributed by atoms with Gasteiger partial charge in [0.05, 0.1) is 10.4 Å². The minimum atomic E-state index is -0.393. The molecule has 1 saturated carbocycles. The zero-order valence-electron chi connectivity index (χ0n) is 19.0. The summed E-state index contributed by atoms with van der Waals surface area (Å²) < 4.78 is 13.6. The molecule has 2 aromatic carbocycles. The molecule has 2 aromatic heterocycles. The number of thiophene rings is 1. The van der Waals surface area contributed by atoms with E-state index in [4.69, 9.17) is 4.98 Å². The van der Waals surface area contributed by atoms with E-state index in [1.807, 2.05) is 37.3 Å². The second-order valence-electron chi connectivity index (χ2n) is 8.96. The molecular formula is C27H26FN3O2S. The lowest BCUT2D eigenvalue weighted by molar-refractivity contribution is -0.120. The number of nitrogens with zero attached hydrogens (tertiary/aromatic N) is 2. The van der Waals surface area contributed by atoms with Crippen LogP contribution in [-0.2, 0) is 4.79 Å². The van der Waals surface area contributed by atoms with Gasteiger partial charge in [0, 0.05) is 22.5 Å². The Labute approximate surface area is 201 Å². The van der Waals surface area contributed by atoms with E-state index >= 15 is 0 Å². The van der Waals surface area contributed by atoms with Gasteiger partial charge >= 0.3 is 0 Å². The number of carbonyl (C=O) groups is 2. The average molecular weight is 476 g/mol. The summed E-state index contributed by atoms with van der Waals surface area (Å²) in [6.07, 6.45) is 5.33. The maximum absolute atomic E-state index is 13.6. The summed E-state index contributed by atoms with van der Waals surface area (Å²) in [6, 6.07) is 15.8. The summed E-state index contributed by atoms with van der Waals surface area (Å²) in [5.74, 6) is -0.894. The molecule has 1 fully saturated rings. The van der Waals surface area contributed by atoms with Gasteiger partial charge in [-0.15, -0.1) is 11.3 Å². The van der Waals surface area contributed by atoms with Gasteiger partial charge in [0.2, 0.25) is 5.91 Å². The lowest BCUT2D eigenvalue weighted by Gasteiger charge is -2.26. The first-order chi connectivity index (χ1) is 16.5. The maximum Gasteiger partial charge on any atom is 0.268 e. The second kappa shape index (κ2) is 9.50. The van der Waals surface area contributed by atoms with Gasteiger partial charge in [0.15, 0.2) is 0 Å². The Balaban J connectivity index is 1.45. The van der Waals surface area contributed by atoms with Crippen molar-refractivity contribution in [3.05, 3.63) is 70.9 Å². The minimum Gasteiger partial charge on any atom is -0.352 e. The number of hydrogen-bond donors (Lipinski definition) is 1. The SMILES string of the molecule is Cc1ccc2cc3cc(C(=O)N(CC(=O)NC4CCCCC4)c4ccc(F)cc4)sc3nc2c1. The van der Waals surface area contributed by atoms with Crippen molar-refractivity contribution in [2.24, 2.45) is 0 Å². The van der Waals surface area contributed by atoms with E-state index in [0.29, 0.717) is 10.6 Å². The zero-order valence-corrected chi connectivity index (χ0v) is 19.8. The fourth-order valence-corrected chi connectivity index (χ4v) is 5.51. The molecule has 0 unspecified atom stereocenters. The van der Waals surface area contributed by atoms with Crippen LogP contribution in [0, 0.1) is 12.7 Å². The second-order valence-corrected chi connectivity index (χ2v) is 9.99. The number of rotatable bonds is 5. The van der Waals surface area contributed by atoms with Crippen molar-refractivity contribution >= 4 is 50.0 Å². The van der Waals surface area contributed by atoms with E-state index in [9.17, 15) is 14.0 Å². The van der Waals surface area contributed by atoms with Gasteiger partial charge in [0.25, 0.3) is 5.91 Å². The number of pyridine rings is 1. The third-order valence-electron chi connectivity index (χ3n) is 6.33. The largest absolute Gasteiger partial charge is 0.352 e. The molecule has 34 heavy (non-hydrogen) atoms. The number of hydrogen-bond acceptors (Lipinski definition) is 4. The van der Waals surface area contributed by atoms with Crippen LogP contribution in [0.2, 0.25) is 0 Å². The molecule has 5 nitrogen and oxygen atoms in total. The Morgan fingerprint density at radius 3 is 2.56 bits per heavy atom. The van der Waals surface area contributed by atoms with Crippen LogP contribution in [0.4, 0.5) is 10.1 Å². The summed E-state index contributed by atoms with van der Waals surface area (Å²) in [6.45, 7) is 1.90. The average Bonchev–Trinajstić information content (AvgIpc) is 3.25. The van der Waals surface area contributed by atoms with Gasteiger partial charge in [-0.3, -0.25) is 14.5 Å². The topological polar surface area (TPSA) is 62.3 Å². The highest BCUT2D eigenvalue weighted by atomic mass is 32.1. The molecule has 174 valence electrons. The highest BCUT2D eigenvalue weighted by Crippen LogP contribution is 2.30. The molecule has 7 heteroatoms. The highest BCUT2D eigenvalue weighted by Gasteiger charge is 2.25. The molecule has 1 aliphatic carbocycles. The van der Waals surface area contributed by atoms with Crippen molar-refractivity contribution in [1.29, 1.82) is 0 Å². The fraction of sp³-hybridized carbons (Fsp3) is 0.296. The molecule has 0 atom stereocenters. The molecule has 2 amide bonds. The first-order valence-electron chi connectivity index (χ1n) is 11.6. The van der Waals surface area contributed by atoms with Crippen LogP contribution >= 0.6 is 11.3 Å². The summed E-state index contributed by atoms with van der Waals surface area (Å²) in [7, 11) is 0. The Morgan fingerprint density at radius 2 is 1.79 bits per heavy atom. The number of carbonyl (C=O) groups excluding carboxylic acids is 2. The van der Waals surface area contributed by atoms with Gasteiger partial charge in [0.1, 0.15) is 17.2 Å². The predicted octanol–water partition coefficient (Wildman–Crippen LogP) is 5.99. The zero-order chi connectivity index (χ0) is 23.7. The van der Waals surface area contributed by atoms with Gasteiger partial charge in [-0.25, -0.2) is 9.37 Å². The molecule has 5 rings (SSSR count). The number of halogens is 1. The van der Waals surface area contributed by atoms with Crippen LogP contribution in [0.15, 0.2) is 54.6 Å². The smallest absolute Gasteiger partial charge is 0.268 e. The van der Waals surface area contributed by atoms with Gasteiger partial charge in [-0.2, -0.15) is 0 Å². The van der Waals surface area contributed by atoms with Crippen LogP contribution in [0.5, 0.6) is 0 Å². The van der Waals surface area contributed by atoms with Crippen molar-refractivity contribution in [2.75, 3.05) is 11.4 Å². The summed E-state index contributed by atoms with van der Waals surface area (Å²) in [5.41, 5.74) is 2.49. The Morgan fingerprint density at radius 1 is 1.03 bits per heavy atom. The maximum atomic E-state index is 13.6. The van der Waals surface area contributed by atoms with Crippen LogP contribution in [0.1, 0.15) is 47.3 Å². The molecule has 0 bridgehead atoms. The van der Waals surface area contributed by atoms with Crippen molar-refractivity contribution in [1.82, 2.24) is 10.3 Å². The van der Waals surface area contributed by atoms with E-state index in [1.165, 1.54) is 46.9 Å². The Bertz CT molecular complexity index is 1360. The van der Waals surface area contributed by atoms with Crippen molar-refractivity contribution in [3.63, 3.8) is 0 Å². The number of anilines is 1. The highest BCUT2D eigenvalue weighted by molar-refractivity contribution is 7.20. The molecule has 0 saturated heterocycles. The lowest BCUT2D eigenvalue weighted by Crippen LogP contribution is -2.44. The number of fused-ring (bicyclic) bond motifs is 2. The Kier molecular flexibility index (Phi) is 6.28. The number of nitrogens with one attached hydrogen (secondary N) is 1. The van der Waals surface area contributed by atoms with E-state index in [0.717, 1.165) is 52.4 Å². The summed E-state index contributed by atoms with van der Waals surface area (Å²) >= 11 is 1.31. The first-order valence-corrected chi connectivity index (χ1v) is 12.5. The van der Waals surface area contributed by atoms with Gasteiger partial charge in [-0.1, -0.05) is 31.4 Å². The molecule has 0 radical (unpaired) electrons. The monoisotopic (exact) mass is 475 g/mol. The van der Waals surface area contributed by atoms with Crippen molar-refractivity contribution < 1.29 is 14.0 Å². The first kappa shape index (κ1) is 22.5. The van der Waals surface area contributed by atoms with E-state index in [2.05, 4.69) is 5.32 Å². The third-order valence-corrected chi connectivity index (χ3v) is 7.36. The number of amides is 2. The molecule has 2 heterocycles. The molecule has 1 aliphatic rings. The Hall–Kier alpha value is -3.32. The predicted molar refractivity (Wildman–Crippen MR) is 135 cm³/mol. The van der Waals surface area contributed by atoms with E-state index in [-0.39, 0.29) is 24.4 Å². The van der Waals surface area contributed by atoms with Crippen molar-refractivity contribution in [2.45, 2.75) is 45.1 Å². The molecular weight excluding hydrogens is 449 g/mol. The van der Waals surface area contributed by atoms with E-state index < -0.39 is 5.82 Å². The van der Waals surface area contributed by atoms with Gasteiger partial charge < -0.3 is 5.32 Å². The van der Waals surface area contributed by atoms with Gasteiger partial charge in [-0.05, 0) is 67.8 Å². The van der Waals surface area contributed by atoms with Crippen LogP contribution < -0.4 is 10.2 Å². The van der Waals surface area contributed by atoms with Crippen LogP contribution in [0.3, 0.4) is 0 Å². The quantitative estimate of drug-likeness (QED) is 0.385. The van der Waals surface area contributed by atoms with Crippen LogP contribution in [-0.4, -0.2) is 29.4 Å². The minimum absolute atomic E-state index is 0.121. The number of aromatic nitrogens is 1. The van der Waals surface area contributed by atoms with E-state index in [1.54, 1.807) is 0 Å². The molecule has 0 spiro atoms. The lowest BCUT2D eigenvalue weighted by atomic mass is 9.95. The molecule has 4 aromatic rings. The van der Waals surface area contributed by atoms with Crippen molar-refractivity contribution in [3.8, 4) is 0 Å². The van der Waals surface area contributed by atoms with Crippen LogP contribution in [0.25, 0.3) is 21.1 Å². The molecule has 0 aliphatic heterocycles. The summed E-state index contributed by atoms with van der Waals surface area (Å²) in [4.78, 5) is 33.9. The summed E-state index contributed by atoms with van der Waals surface area (Å²) in [5, 5.41) is 4.97. The standard InChI is InChI=1S/C27H26FN3O2S/c1-17-7-8-18-14-19-15-24(34-26(19)30-23(18)13-17)27(33)31(22-11-9-20(28)10-12-22)16-25(32)29-21-5-3-2-4-6-21/h7-15,21H,2-6,16H2,1H3,(H,29,32). The normalized spacial score (nSPS) is 14.4. The third kappa shape index (κ3) is 4.80.